The van der Waals surface area contributed by atoms with Crippen LogP contribution in [-0.4, -0.2) is 71.2 Å². The molecule has 0 aromatic heterocycles. The van der Waals surface area contributed by atoms with Gasteiger partial charge in [0.1, 0.15) is 6.04 Å². The van der Waals surface area contributed by atoms with E-state index in [1.54, 1.807) is 18.4 Å². The van der Waals surface area contributed by atoms with Crippen LogP contribution in [0.1, 0.15) is 34.1 Å². The molecule has 1 aliphatic rings. The maximum Gasteiger partial charge on any atom is 0.331 e. The van der Waals surface area contributed by atoms with Crippen molar-refractivity contribution in [2.45, 2.75) is 25.5 Å². The summed E-state index contributed by atoms with van der Waals surface area (Å²) in [5, 5.41) is 8.61. The molecule has 1 heterocycles. The smallest absolute Gasteiger partial charge is 0.331 e. The summed E-state index contributed by atoms with van der Waals surface area (Å²) in [5.74, 6) is -2.24. The van der Waals surface area contributed by atoms with Crippen LogP contribution in [0.15, 0.2) is 24.3 Å². The first-order valence-electron chi connectivity index (χ1n) is 8.61. The van der Waals surface area contributed by atoms with Gasteiger partial charge in [-0.15, -0.1) is 0 Å². The lowest BCUT2D eigenvalue weighted by Gasteiger charge is -2.26. The molecule has 8 nitrogen and oxygen atoms in total. The SMILES string of the molecule is CSC[C@H](C(=O)O[C@@H](C)C(=O)N(C)CCC#N)N1C(=O)c2ccccc2C1=O. The Balaban J connectivity index is 2.15. The molecule has 0 saturated carbocycles. The van der Waals surface area contributed by atoms with Crippen molar-refractivity contribution >= 4 is 35.5 Å². The zero-order valence-electron chi connectivity index (χ0n) is 15.9. The fourth-order valence-corrected chi connectivity index (χ4v) is 3.44. The Morgan fingerprint density at radius 3 is 2.32 bits per heavy atom. The van der Waals surface area contributed by atoms with Gasteiger partial charge in [0, 0.05) is 19.3 Å². The highest BCUT2D eigenvalue weighted by molar-refractivity contribution is 7.98. The van der Waals surface area contributed by atoms with E-state index in [-0.39, 0.29) is 29.8 Å². The van der Waals surface area contributed by atoms with Gasteiger partial charge >= 0.3 is 5.97 Å². The molecule has 1 aromatic carbocycles. The summed E-state index contributed by atoms with van der Waals surface area (Å²) >= 11 is 1.28. The predicted octanol–water partition coefficient (Wildman–Crippen LogP) is 1.32. The Kier molecular flexibility index (Phi) is 7.18. The molecule has 3 amide bonds. The van der Waals surface area contributed by atoms with Crippen LogP contribution < -0.4 is 0 Å². The second-order valence-corrected chi connectivity index (χ2v) is 7.15. The lowest BCUT2D eigenvalue weighted by atomic mass is 10.1. The van der Waals surface area contributed by atoms with Gasteiger partial charge in [0.2, 0.25) is 0 Å². The number of benzene rings is 1. The Morgan fingerprint density at radius 1 is 1.25 bits per heavy atom. The monoisotopic (exact) mass is 403 g/mol. The Hall–Kier alpha value is -2.86. The normalized spacial score (nSPS) is 14.9. The highest BCUT2D eigenvalue weighted by atomic mass is 32.2. The lowest BCUT2D eigenvalue weighted by Crippen LogP contribution is -2.49. The molecule has 0 fully saturated rings. The van der Waals surface area contributed by atoms with Crippen molar-refractivity contribution in [3.05, 3.63) is 35.4 Å². The van der Waals surface area contributed by atoms with E-state index in [2.05, 4.69) is 0 Å². The molecule has 0 unspecified atom stereocenters. The summed E-state index contributed by atoms with van der Waals surface area (Å²) in [6.07, 6.45) is 0.797. The summed E-state index contributed by atoms with van der Waals surface area (Å²) in [6, 6.07) is 7.16. The number of hydrogen-bond donors (Lipinski definition) is 0. The first-order chi connectivity index (χ1) is 13.3. The number of carbonyl (C=O) groups is 4. The van der Waals surface area contributed by atoms with Gasteiger partial charge < -0.3 is 9.64 Å². The van der Waals surface area contributed by atoms with Crippen molar-refractivity contribution in [2.24, 2.45) is 0 Å². The molecule has 0 N–H and O–H groups in total. The lowest BCUT2D eigenvalue weighted by molar-refractivity contribution is -0.161. The molecule has 0 bridgehead atoms. The van der Waals surface area contributed by atoms with E-state index in [0.717, 1.165) is 4.90 Å². The number of likely N-dealkylation sites (N-methyl/N-ethyl adjacent to an activating group) is 1. The standard InChI is InChI=1S/C19H21N3O5S/c1-12(16(23)21(2)10-6-9-20)27-19(26)15(11-28-3)22-17(24)13-7-4-5-8-14(13)18(22)25/h4-5,7-8,12,15H,6,10-11H2,1-3H3/t12-,15+/m0/s1. The Morgan fingerprint density at radius 2 is 1.82 bits per heavy atom. The zero-order chi connectivity index (χ0) is 20.8. The molecule has 148 valence electrons. The van der Waals surface area contributed by atoms with Crippen LogP contribution in [0.3, 0.4) is 0 Å². The van der Waals surface area contributed by atoms with Crippen molar-refractivity contribution in [3.8, 4) is 6.07 Å². The summed E-state index contributed by atoms with van der Waals surface area (Å²) in [7, 11) is 1.51. The number of fused-ring (bicyclic) bond motifs is 1. The molecule has 0 aliphatic carbocycles. The maximum absolute atomic E-state index is 12.7. The topological polar surface area (TPSA) is 108 Å². The molecular weight excluding hydrogens is 382 g/mol. The third-order valence-electron chi connectivity index (χ3n) is 4.31. The van der Waals surface area contributed by atoms with Gasteiger partial charge in [0.15, 0.2) is 6.10 Å². The largest absolute Gasteiger partial charge is 0.451 e. The summed E-state index contributed by atoms with van der Waals surface area (Å²) in [5.41, 5.74) is 0.485. The maximum atomic E-state index is 12.7. The molecule has 2 rings (SSSR count). The number of carbonyl (C=O) groups excluding carboxylic acids is 4. The van der Waals surface area contributed by atoms with E-state index in [1.165, 1.54) is 42.8 Å². The van der Waals surface area contributed by atoms with E-state index in [4.69, 9.17) is 10.00 Å². The van der Waals surface area contributed by atoms with E-state index < -0.39 is 35.8 Å². The summed E-state index contributed by atoms with van der Waals surface area (Å²) < 4.78 is 5.26. The third-order valence-corrected chi connectivity index (χ3v) is 4.96. The van der Waals surface area contributed by atoms with Crippen LogP contribution in [0, 0.1) is 11.3 Å². The first kappa shape index (κ1) is 21.4. The highest BCUT2D eigenvalue weighted by Gasteiger charge is 2.43. The van der Waals surface area contributed by atoms with Gasteiger partial charge in [-0.25, -0.2) is 4.79 Å². The van der Waals surface area contributed by atoms with Crippen LogP contribution in [0.25, 0.3) is 0 Å². The van der Waals surface area contributed by atoms with Crippen LogP contribution in [0.2, 0.25) is 0 Å². The van der Waals surface area contributed by atoms with Gasteiger partial charge in [-0.3, -0.25) is 19.3 Å². The van der Waals surface area contributed by atoms with E-state index in [1.807, 2.05) is 6.07 Å². The van der Waals surface area contributed by atoms with Gasteiger partial charge in [-0.2, -0.15) is 17.0 Å². The van der Waals surface area contributed by atoms with Gasteiger partial charge in [-0.05, 0) is 25.3 Å². The van der Waals surface area contributed by atoms with Crippen molar-refractivity contribution in [3.63, 3.8) is 0 Å². The molecule has 1 aliphatic heterocycles. The van der Waals surface area contributed by atoms with E-state index in [9.17, 15) is 19.2 Å². The van der Waals surface area contributed by atoms with E-state index >= 15 is 0 Å². The van der Waals surface area contributed by atoms with Gasteiger partial charge in [-0.1, -0.05) is 12.1 Å². The molecule has 0 spiro atoms. The second-order valence-electron chi connectivity index (χ2n) is 6.24. The zero-order valence-corrected chi connectivity index (χ0v) is 16.7. The number of hydrogen-bond acceptors (Lipinski definition) is 7. The minimum Gasteiger partial charge on any atom is -0.451 e. The molecular formula is C19H21N3O5S. The minimum absolute atomic E-state index is 0.148. The number of esters is 1. The Bertz CT molecular complexity index is 800. The van der Waals surface area contributed by atoms with Crippen LogP contribution in [-0.2, 0) is 14.3 Å². The van der Waals surface area contributed by atoms with Gasteiger partial charge in [0.25, 0.3) is 17.7 Å². The fraction of sp³-hybridized carbons (Fsp3) is 0.421. The van der Waals surface area contributed by atoms with Crippen molar-refractivity contribution in [1.82, 2.24) is 9.80 Å². The number of thioether (sulfide) groups is 1. The summed E-state index contributed by atoms with van der Waals surface area (Å²) in [4.78, 5) is 52.5. The second kappa shape index (κ2) is 9.37. The van der Waals surface area contributed by atoms with Crippen LogP contribution >= 0.6 is 11.8 Å². The fourth-order valence-electron chi connectivity index (χ4n) is 2.84. The number of nitriles is 1. The van der Waals surface area contributed by atoms with Gasteiger partial charge in [0.05, 0.1) is 23.6 Å². The predicted molar refractivity (Wildman–Crippen MR) is 103 cm³/mol. The summed E-state index contributed by atoms with van der Waals surface area (Å²) in [6.45, 7) is 1.63. The van der Waals surface area contributed by atoms with Crippen molar-refractivity contribution < 1.29 is 23.9 Å². The number of nitrogens with zero attached hydrogens (tertiary/aromatic N) is 3. The number of ether oxygens (including phenoxy) is 1. The minimum atomic E-state index is -1.14. The average Bonchev–Trinajstić information content (AvgIpc) is 2.94. The number of imide groups is 1. The molecule has 2 atom stereocenters. The number of rotatable bonds is 8. The molecule has 0 radical (unpaired) electrons. The quantitative estimate of drug-likeness (QED) is 0.476. The molecule has 9 heteroatoms. The molecule has 28 heavy (non-hydrogen) atoms. The van der Waals surface area contributed by atoms with Crippen molar-refractivity contribution in [1.29, 1.82) is 5.26 Å². The average molecular weight is 403 g/mol. The van der Waals surface area contributed by atoms with Crippen LogP contribution in [0.5, 0.6) is 0 Å². The Labute approximate surface area is 167 Å². The first-order valence-corrected chi connectivity index (χ1v) is 10.0. The third kappa shape index (κ3) is 4.34. The highest BCUT2D eigenvalue weighted by Crippen LogP contribution is 2.26. The van der Waals surface area contributed by atoms with Crippen LogP contribution in [0.4, 0.5) is 0 Å². The molecule has 1 aromatic rings. The molecule has 0 saturated heterocycles. The van der Waals surface area contributed by atoms with Crippen molar-refractivity contribution in [2.75, 3.05) is 25.6 Å². The van der Waals surface area contributed by atoms with E-state index in [0.29, 0.717) is 0 Å². The number of amides is 3.